The summed E-state index contributed by atoms with van der Waals surface area (Å²) in [6, 6.07) is 1.78. The first-order valence-electron chi connectivity index (χ1n) is 5.85. The molecule has 2 atom stereocenters. The molecule has 1 aliphatic rings. The third kappa shape index (κ3) is 2.08. The number of halogens is 2. The average molecular weight is 326 g/mol. The predicted octanol–water partition coefficient (Wildman–Crippen LogP) is 3.70. The number of nitrogens with zero attached hydrogens (tertiary/aromatic N) is 3. The first-order chi connectivity index (χ1) is 8.67. The highest BCUT2D eigenvalue weighted by molar-refractivity contribution is 9.11. The molecule has 0 aliphatic carbocycles. The fourth-order valence-corrected chi connectivity index (χ4v) is 3.94. The minimum Gasteiger partial charge on any atom is -0.265 e. The molecule has 0 N–H and O–H groups in total. The number of rotatable bonds is 1. The molecule has 0 spiro atoms. The van der Waals surface area contributed by atoms with Crippen LogP contribution < -0.4 is 0 Å². The Balaban J connectivity index is 1.86. The van der Waals surface area contributed by atoms with Crippen LogP contribution in [0.25, 0.3) is 10.2 Å². The molecule has 3 rings (SSSR count). The van der Waals surface area contributed by atoms with Gasteiger partial charge in [0, 0.05) is 17.6 Å². The lowest BCUT2D eigenvalue weighted by Crippen LogP contribution is -2.32. The zero-order valence-corrected chi connectivity index (χ0v) is 11.9. The number of thiophene rings is 1. The van der Waals surface area contributed by atoms with Gasteiger partial charge in [-0.1, -0.05) is 6.32 Å². The minimum atomic E-state index is -0.971. The van der Waals surface area contributed by atoms with E-state index in [2.05, 4.69) is 27.0 Å². The summed E-state index contributed by atoms with van der Waals surface area (Å²) in [5.41, 5.74) is 0. The SMILES string of the molecule is N#CB1CCC(n2cc3cc(Br)sc3n2)C(F)C1. The third-order valence-electron chi connectivity index (χ3n) is 3.45. The van der Waals surface area contributed by atoms with Gasteiger partial charge in [0.25, 0.3) is 6.71 Å². The summed E-state index contributed by atoms with van der Waals surface area (Å²) in [6.45, 7) is -0.137. The fourth-order valence-electron chi connectivity index (χ4n) is 2.50. The normalized spacial score (nSPS) is 24.4. The van der Waals surface area contributed by atoms with Crippen LogP contribution in [0.3, 0.4) is 0 Å². The van der Waals surface area contributed by atoms with Gasteiger partial charge in [0.2, 0.25) is 0 Å². The summed E-state index contributed by atoms with van der Waals surface area (Å²) in [5.74, 6) is 2.16. The van der Waals surface area contributed by atoms with Gasteiger partial charge in [0.05, 0.1) is 9.83 Å². The second kappa shape index (κ2) is 4.67. The molecule has 2 aromatic heterocycles. The van der Waals surface area contributed by atoms with E-state index in [0.717, 1.165) is 20.3 Å². The van der Waals surface area contributed by atoms with E-state index in [-0.39, 0.29) is 12.8 Å². The van der Waals surface area contributed by atoms with Crippen LogP contribution in [0.4, 0.5) is 4.39 Å². The van der Waals surface area contributed by atoms with Gasteiger partial charge in [0.1, 0.15) is 11.0 Å². The largest absolute Gasteiger partial charge is 0.270 e. The molecule has 2 aromatic rings. The molecule has 18 heavy (non-hydrogen) atoms. The molecule has 7 heteroatoms. The maximum Gasteiger partial charge on any atom is 0.270 e. The van der Waals surface area contributed by atoms with Crippen molar-refractivity contribution in [1.29, 1.82) is 5.26 Å². The van der Waals surface area contributed by atoms with Crippen LogP contribution in [0, 0.1) is 11.2 Å². The predicted molar refractivity (Wildman–Crippen MR) is 74.8 cm³/mol. The molecule has 3 heterocycles. The van der Waals surface area contributed by atoms with E-state index in [0.29, 0.717) is 12.7 Å². The van der Waals surface area contributed by atoms with Crippen LogP contribution in [-0.4, -0.2) is 22.7 Å². The summed E-state index contributed by atoms with van der Waals surface area (Å²) in [4.78, 5) is 0.927. The van der Waals surface area contributed by atoms with Gasteiger partial charge in [-0.25, -0.2) is 9.65 Å². The van der Waals surface area contributed by atoms with Crippen LogP contribution >= 0.6 is 27.3 Å². The number of hydrogen-bond acceptors (Lipinski definition) is 3. The lowest BCUT2D eigenvalue weighted by Gasteiger charge is -2.27. The molecular formula is C11H10BBrFN3S. The molecule has 0 radical (unpaired) electrons. The molecule has 1 fully saturated rings. The van der Waals surface area contributed by atoms with E-state index in [9.17, 15) is 4.39 Å². The molecule has 92 valence electrons. The zero-order chi connectivity index (χ0) is 12.7. The molecule has 1 aliphatic heterocycles. The summed E-state index contributed by atoms with van der Waals surface area (Å²) in [6.07, 6.45) is 2.72. The topological polar surface area (TPSA) is 41.6 Å². The van der Waals surface area contributed by atoms with Gasteiger partial charge in [-0.05, 0) is 34.7 Å². The van der Waals surface area contributed by atoms with E-state index < -0.39 is 6.17 Å². The smallest absolute Gasteiger partial charge is 0.265 e. The van der Waals surface area contributed by atoms with Crippen molar-refractivity contribution in [3.8, 4) is 5.97 Å². The van der Waals surface area contributed by atoms with Gasteiger partial charge < -0.3 is 0 Å². The van der Waals surface area contributed by atoms with E-state index in [4.69, 9.17) is 5.26 Å². The lowest BCUT2D eigenvalue weighted by molar-refractivity contribution is 0.221. The maximum absolute atomic E-state index is 14.1. The van der Waals surface area contributed by atoms with Crippen LogP contribution in [-0.2, 0) is 0 Å². The Bertz CT molecular complexity index is 588. The van der Waals surface area contributed by atoms with Crippen molar-refractivity contribution < 1.29 is 4.39 Å². The summed E-state index contributed by atoms with van der Waals surface area (Å²) in [5, 5.41) is 14.3. The molecule has 0 saturated carbocycles. The second-order valence-corrected chi connectivity index (χ2v) is 7.05. The number of aromatic nitrogens is 2. The Labute approximate surface area is 117 Å². The molecule has 0 bridgehead atoms. The van der Waals surface area contributed by atoms with Gasteiger partial charge in [-0.2, -0.15) is 5.10 Å². The Hall–Kier alpha value is -0.865. The molecule has 1 saturated heterocycles. The summed E-state index contributed by atoms with van der Waals surface area (Å²) < 4.78 is 16.8. The van der Waals surface area contributed by atoms with Crippen molar-refractivity contribution in [2.24, 2.45) is 0 Å². The van der Waals surface area contributed by atoms with Crippen molar-refractivity contribution in [2.45, 2.75) is 31.3 Å². The highest BCUT2D eigenvalue weighted by Crippen LogP contribution is 2.34. The van der Waals surface area contributed by atoms with Crippen molar-refractivity contribution in [3.05, 3.63) is 16.0 Å². The highest BCUT2D eigenvalue weighted by atomic mass is 79.9. The Morgan fingerprint density at radius 2 is 2.50 bits per heavy atom. The zero-order valence-electron chi connectivity index (χ0n) is 9.51. The Morgan fingerprint density at radius 3 is 3.17 bits per heavy atom. The van der Waals surface area contributed by atoms with Gasteiger partial charge in [-0.3, -0.25) is 4.68 Å². The van der Waals surface area contributed by atoms with Crippen molar-refractivity contribution in [1.82, 2.24) is 9.78 Å². The number of alkyl halides is 1. The van der Waals surface area contributed by atoms with Gasteiger partial charge in [0.15, 0.2) is 0 Å². The minimum absolute atomic E-state index is 0.137. The van der Waals surface area contributed by atoms with E-state index in [1.54, 1.807) is 16.0 Å². The van der Waals surface area contributed by atoms with Crippen molar-refractivity contribution >= 4 is 44.2 Å². The fraction of sp³-hybridized carbons (Fsp3) is 0.455. The van der Waals surface area contributed by atoms with Crippen LogP contribution in [0.15, 0.2) is 16.0 Å². The molecule has 0 amide bonds. The van der Waals surface area contributed by atoms with E-state index in [1.807, 2.05) is 12.3 Å². The molecule has 0 aromatic carbocycles. The number of hydrogen-bond donors (Lipinski definition) is 0. The van der Waals surface area contributed by atoms with Crippen LogP contribution in [0.2, 0.25) is 12.6 Å². The van der Waals surface area contributed by atoms with Crippen molar-refractivity contribution in [2.75, 3.05) is 0 Å². The molecule has 2 unspecified atom stereocenters. The Kier molecular flexibility index (Phi) is 3.16. The van der Waals surface area contributed by atoms with Gasteiger partial charge >= 0.3 is 0 Å². The summed E-state index contributed by atoms with van der Waals surface area (Å²) in [7, 11) is 0. The monoisotopic (exact) mass is 325 g/mol. The summed E-state index contributed by atoms with van der Waals surface area (Å²) >= 11 is 4.97. The quantitative estimate of drug-likeness (QED) is 0.750. The molecule has 3 nitrogen and oxygen atoms in total. The van der Waals surface area contributed by atoms with Crippen molar-refractivity contribution in [3.63, 3.8) is 0 Å². The maximum atomic E-state index is 14.1. The average Bonchev–Trinajstić information content (AvgIpc) is 2.85. The van der Waals surface area contributed by atoms with Crippen LogP contribution in [0.5, 0.6) is 0 Å². The number of fused-ring (bicyclic) bond motifs is 1. The number of nitriles is 1. The van der Waals surface area contributed by atoms with Gasteiger partial charge in [-0.15, -0.1) is 11.3 Å². The third-order valence-corrected chi connectivity index (χ3v) is 4.99. The lowest BCUT2D eigenvalue weighted by atomic mass is 9.42. The Morgan fingerprint density at radius 1 is 1.67 bits per heavy atom. The highest BCUT2D eigenvalue weighted by Gasteiger charge is 2.34. The first-order valence-corrected chi connectivity index (χ1v) is 7.46. The van der Waals surface area contributed by atoms with E-state index >= 15 is 0 Å². The van der Waals surface area contributed by atoms with Crippen LogP contribution in [0.1, 0.15) is 12.5 Å². The second-order valence-electron chi connectivity index (χ2n) is 4.64. The van der Waals surface area contributed by atoms with E-state index in [1.165, 1.54) is 0 Å². The first kappa shape index (κ1) is 12.2. The standard InChI is InChI=1S/C11H10BBrFN3S/c13-10-3-7-5-17(16-11(7)18-10)9-1-2-12(6-15)4-8(9)14/h3,5,8-9H,1-2,4H2. The molecular weight excluding hydrogens is 316 g/mol.